The highest BCUT2D eigenvalue weighted by molar-refractivity contribution is 5.60. The van der Waals surface area contributed by atoms with Crippen LogP contribution in [-0.4, -0.2) is 53.1 Å². The topological polar surface area (TPSA) is 209 Å². The first-order valence-electron chi connectivity index (χ1n) is 6.07. The summed E-state index contributed by atoms with van der Waals surface area (Å²) in [6.07, 6.45) is 5.10. The molecule has 2 aromatic rings. The zero-order valence-corrected chi connectivity index (χ0v) is 11.4. The Kier molecular flexibility index (Phi) is 5.66. The van der Waals surface area contributed by atoms with Gasteiger partial charge in [-0.05, 0) is 61.4 Å². The van der Waals surface area contributed by atoms with Crippen LogP contribution in [0.2, 0.25) is 0 Å². The standard InChI is InChI=1S/C7H8N16/c8-16-12-6-14-18-20-22(6)10-4-2-1-3-5-11-23-7(13-17-9)15-19-21-23/h4-5H,1-3H2/b10-4+,11-5+. The number of tetrazole rings is 2. The van der Waals surface area contributed by atoms with Crippen molar-refractivity contribution in [3.63, 3.8) is 0 Å². The lowest BCUT2D eigenvalue weighted by Crippen LogP contribution is -1.93. The maximum atomic E-state index is 8.30. The molecule has 0 radical (unpaired) electrons. The molecule has 0 saturated heterocycles. The predicted molar refractivity (Wildman–Crippen MR) is 74.9 cm³/mol. The molecule has 0 aliphatic heterocycles. The summed E-state index contributed by atoms with van der Waals surface area (Å²) < 4.78 is 0. The normalized spacial score (nSPS) is 10.8. The highest BCUT2D eigenvalue weighted by Crippen LogP contribution is 2.04. The van der Waals surface area contributed by atoms with E-state index in [1.165, 1.54) is 0 Å². The van der Waals surface area contributed by atoms with Gasteiger partial charge in [-0.15, -0.1) is 19.8 Å². The molecule has 0 aliphatic carbocycles. The highest BCUT2D eigenvalue weighted by Gasteiger charge is 2.00. The average molecular weight is 316 g/mol. The Morgan fingerprint density at radius 3 is 1.78 bits per heavy atom. The van der Waals surface area contributed by atoms with Crippen molar-refractivity contribution < 1.29 is 0 Å². The van der Waals surface area contributed by atoms with E-state index in [4.69, 9.17) is 11.1 Å². The van der Waals surface area contributed by atoms with Crippen LogP contribution in [0.1, 0.15) is 19.3 Å². The summed E-state index contributed by atoms with van der Waals surface area (Å²) in [7, 11) is 0. The summed E-state index contributed by atoms with van der Waals surface area (Å²) in [5.41, 5.74) is 16.6. The van der Waals surface area contributed by atoms with Crippen LogP contribution in [0, 0.1) is 0 Å². The van der Waals surface area contributed by atoms with Crippen LogP contribution < -0.4 is 0 Å². The number of unbranched alkanes of at least 4 members (excludes halogenated alkanes) is 2. The second-order valence-corrected chi connectivity index (χ2v) is 3.64. The van der Waals surface area contributed by atoms with Gasteiger partial charge in [-0.3, -0.25) is 0 Å². The zero-order chi connectivity index (χ0) is 16.3. The molecule has 116 valence electrons. The van der Waals surface area contributed by atoms with Crippen molar-refractivity contribution in [2.75, 3.05) is 0 Å². The number of azide groups is 2. The van der Waals surface area contributed by atoms with Crippen molar-refractivity contribution in [3.05, 3.63) is 20.9 Å². The maximum Gasteiger partial charge on any atom is 0.263 e. The van der Waals surface area contributed by atoms with Gasteiger partial charge in [-0.1, -0.05) is 0 Å². The van der Waals surface area contributed by atoms with Crippen LogP contribution in [-0.2, 0) is 0 Å². The first-order valence-corrected chi connectivity index (χ1v) is 6.07. The monoisotopic (exact) mass is 316 g/mol. The van der Waals surface area contributed by atoms with Gasteiger partial charge < -0.3 is 0 Å². The van der Waals surface area contributed by atoms with Crippen LogP contribution in [0.3, 0.4) is 0 Å². The van der Waals surface area contributed by atoms with E-state index in [2.05, 4.69) is 61.3 Å². The van der Waals surface area contributed by atoms with E-state index < -0.39 is 0 Å². The number of hydrogen-bond acceptors (Lipinski definition) is 10. The minimum absolute atomic E-state index is 0.0467. The molecule has 0 aromatic carbocycles. The zero-order valence-electron chi connectivity index (χ0n) is 11.4. The Hall–Kier alpha value is -3.90. The van der Waals surface area contributed by atoms with Crippen molar-refractivity contribution in [1.82, 2.24) is 40.6 Å². The van der Waals surface area contributed by atoms with E-state index >= 15 is 0 Å². The molecule has 0 fully saturated rings. The summed E-state index contributed by atoms with van der Waals surface area (Å²) in [4.78, 5) is 7.18. The Balaban J connectivity index is 1.77. The van der Waals surface area contributed by atoms with Gasteiger partial charge in [0, 0.05) is 22.3 Å². The molecule has 0 saturated carbocycles. The van der Waals surface area contributed by atoms with Crippen LogP contribution in [0.5, 0.6) is 0 Å². The predicted octanol–water partition coefficient (Wildman–Crippen LogP) is 1.08. The Morgan fingerprint density at radius 1 is 0.870 bits per heavy atom. The molecule has 16 nitrogen and oxygen atoms in total. The first-order chi connectivity index (χ1) is 11.3. The highest BCUT2D eigenvalue weighted by atomic mass is 15.7. The van der Waals surface area contributed by atoms with Gasteiger partial charge in [-0.25, -0.2) is 0 Å². The second-order valence-electron chi connectivity index (χ2n) is 3.64. The lowest BCUT2D eigenvalue weighted by Gasteiger charge is -1.92. The fourth-order valence-electron chi connectivity index (χ4n) is 1.28. The summed E-state index contributed by atoms with van der Waals surface area (Å²) in [5, 5.41) is 35.0. The fraction of sp³-hybridized carbons (Fsp3) is 0.429. The smallest absolute Gasteiger partial charge is 0.160 e. The lowest BCUT2D eigenvalue weighted by molar-refractivity contribution is 0.688. The van der Waals surface area contributed by atoms with Gasteiger partial charge in [0.25, 0.3) is 11.9 Å². The fourth-order valence-corrected chi connectivity index (χ4v) is 1.28. The third kappa shape index (κ3) is 4.55. The van der Waals surface area contributed by atoms with Crippen molar-refractivity contribution in [2.45, 2.75) is 19.3 Å². The molecule has 0 unspecified atom stereocenters. The van der Waals surface area contributed by atoms with Crippen molar-refractivity contribution >= 4 is 24.3 Å². The SMILES string of the molecule is [N-]=[N+]=Nc1nnnn1/N=C/CCC/C=N/n1nnnc1N=[N+]=[N-]. The molecule has 0 amide bonds. The number of nitrogens with zero attached hydrogens (tertiary/aromatic N) is 16. The van der Waals surface area contributed by atoms with E-state index in [1.807, 2.05) is 0 Å². The minimum atomic E-state index is -0.0467. The number of rotatable bonds is 8. The van der Waals surface area contributed by atoms with Crippen molar-refractivity contribution in [3.8, 4) is 0 Å². The molecule has 16 heteroatoms. The van der Waals surface area contributed by atoms with Crippen LogP contribution in [0.25, 0.3) is 20.9 Å². The Labute approximate surface area is 126 Å². The molecule has 2 heterocycles. The quantitative estimate of drug-likeness (QED) is 0.228. The number of hydrogen-bond donors (Lipinski definition) is 0. The molecule has 0 bridgehead atoms. The van der Waals surface area contributed by atoms with Crippen LogP contribution >= 0.6 is 0 Å². The van der Waals surface area contributed by atoms with Crippen LogP contribution in [0.4, 0.5) is 11.9 Å². The molecule has 0 atom stereocenters. The molecular weight excluding hydrogens is 308 g/mol. The molecular formula is C7H8N16. The maximum absolute atomic E-state index is 8.30. The summed E-state index contributed by atoms with van der Waals surface area (Å²) in [6.45, 7) is 0. The van der Waals surface area contributed by atoms with E-state index in [-0.39, 0.29) is 11.9 Å². The van der Waals surface area contributed by atoms with Gasteiger partial charge in [0.05, 0.1) is 0 Å². The van der Waals surface area contributed by atoms with E-state index in [1.54, 1.807) is 12.4 Å². The average Bonchev–Trinajstić information content (AvgIpc) is 3.17. The van der Waals surface area contributed by atoms with Gasteiger partial charge >= 0.3 is 0 Å². The Bertz CT molecular complexity index is 715. The third-order valence-corrected chi connectivity index (χ3v) is 2.19. The number of aromatic nitrogens is 8. The Morgan fingerprint density at radius 2 is 1.35 bits per heavy atom. The van der Waals surface area contributed by atoms with Gasteiger partial charge in [0.2, 0.25) is 0 Å². The van der Waals surface area contributed by atoms with E-state index in [0.29, 0.717) is 12.8 Å². The largest absolute Gasteiger partial charge is 0.263 e. The van der Waals surface area contributed by atoms with E-state index in [0.717, 1.165) is 16.0 Å². The molecule has 0 aliphatic rings. The molecule has 2 aromatic heterocycles. The van der Waals surface area contributed by atoms with Gasteiger partial charge in [0.1, 0.15) is 0 Å². The molecule has 0 N–H and O–H groups in total. The molecule has 0 spiro atoms. The summed E-state index contributed by atoms with van der Waals surface area (Å²) in [6, 6.07) is 0. The van der Waals surface area contributed by atoms with Gasteiger partial charge in [-0.2, -0.15) is 10.2 Å². The van der Waals surface area contributed by atoms with Crippen molar-refractivity contribution in [1.29, 1.82) is 0 Å². The van der Waals surface area contributed by atoms with Gasteiger partial charge in [0.15, 0.2) is 0 Å². The van der Waals surface area contributed by atoms with Crippen LogP contribution in [0.15, 0.2) is 20.4 Å². The summed E-state index contributed by atoms with van der Waals surface area (Å²) >= 11 is 0. The van der Waals surface area contributed by atoms with Crippen molar-refractivity contribution in [2.24, 2.45) is 20.4 Å². The third-order valence-electron chi connectivity index (χ3n) is 2.19. The first kappa shape index (κ1) is 15.5. The molecule has 23 heavy (non-hydrogen) atoms. The lowest BCUT2D eigenvalue weighted by atomic mass is 10.3. The minimum Gasteiger partial charge on any atom is -0.160 e. The molecule has 2 rings (SSSR count). The van der Waals surface area contributed by atoms with E-state index in [9.17, 15) is 0 Å². The summed E-state index contributed by atoms with van der Waals surface area (Å²) in [5.74, 6) is -0.0934. The second kappa shape index (κ2) is 8.40.